The Morgan fingerprint density at radius 1 is 0.839 bits per heavy atom. The highest BCUT2D eigenvalue weighted by molar-refractivity contribution is 5.80. The van der Waals surface area contributed by atoms with E-state index in [9.17, 15) is 8.78 Å². The average Bonchev–Trinajstić information content (AvgIpc) is 2.82. The summed E-state index contributed by atoms with van der Waals surface area (Å²) in [4.78, 5) is 7.47. The fraction of sp³-hybridized carbons (Fsp3) is 0.296. The summed E-state index contributed by atoms with van der Waals surface area (Å²) in [5.41, 5.74) is 2.75. The number of hydrogen-bond acceptors (Lipinski definition) is 2. The van der Waals surface area contributed by atoms with Crippen molar-refractivity contribution >= 4 is 6.21 Å². The summed E-state index contributed by atoms with van der Waals surface area (Å²) in [5.74, 6) is -0.256. The summed E-state index contributed by atoms with van der Waals surface area (Å²) >= 11 is 0. The first-order valence-corrected chi connectivity index (χ1v) is 11.0. The molecule has 2 bridgehead atoms. The molecule has 2 atom stereocenters. The molecule has 0 unspecified atom stereocenters. The topological polar surface area (TPSA) is 15.6 Å². The van der Waals surface area contributed by atoms with Crippen molar-refractivity contribution < 1.29 is 8.78 Å². The van der Waals surface area contributed by atoms with Gasteiger partial charge in [0.15, 0.2) is 0 Å². The minimum atomic E-state index is -0.445. The highest BCUT2D eigenvalue weighted by Crippen LogP contribution is 2.43. The van der Waals surface area contributed by atoms with Crippen molar-refractivity contribution in [1.29, 1.82) is 0 Å². The van der Waals surface area contributed by atoms with Gasteiger partial charge in [-0.05, 0) is 61.2 Å². The van der Waals surface area contributed by atoms with Crippen LogP contribution >= 0.6 is 0 Å². The van der Waals surface area contributed by atoms with E-state index in [1.165, 1.54) is 23.3 Å². The van der Waals surface area contributed by atoms with Gasteiger partial charge >= 0.3 is 0 Å². The van der Waals surface area contributed by atoms with Gasteiger partial charge in [-0.3, -0.25) is 9.89 Å². The molecule has 3 aliphatic rings. The summed E-state index contributed by atoms with van der Waals surface area (Å²) < 4.78 is 27.9. The second-order valence-electron chi connectivity index (χ2n) is 8.60. The molecule has 31 heavy (non-hydrogen) atoms. The van der Waals surface area contributed by atoms with Crippen molar-refractivity contribution in [2.24, 2.45) is 10.9 Å². The van der Waals surface area contributed by atoms with Gasteiger partial charge in [-0.25, -0.2) is 8.78 Å². The van der Waals surface area contributed by atoms with Gasteiger partial charge in [-0.1, -0.05) is 60.7 Å². The van der Waals surface area contributed by atoms with Crippen LogP contribution in [0, 0.1) is 17.6 Å². The third-order valence-corrected chi connectivity index (χ3v) is 6.83. The predicted molar refractivity (Wildman–Crippen MR) is 121 cm³/mol. The van der Waals surface area contributed by atoms with E-state index < -0.39 is 11.6 Å². The molecule has 0 spiro atoms. The number of hydrogen-bond donors (Lipinski definition) is 0. The summed E-state index contributed by atoms with van der Waals surface area (Å²) in [6, 6.07) is 24.9. The number of fused-ring (bicyclic) bond motifs is 3. The minimum Gasteiger partial charge on any atom is -0.297 e. The van der Waals surface area contributed by atoms with E-state index in [0.29, 0.717) is 5.92 Å². The lowest BCUT2D eigenvalue weighted by Gasteiger charge is -2.52. The maximum Gasteiger partial charge on any atom is 0.132 e. The number of benzene rings is 3. The zero-order valence-corrected chi connectivity index (χ0v) is 17.4. The van der Waals surface area contributed by atoms with Crippen LogP contribution in [-0.2, 0) is 0 Å². The summed E-state index contributed by atoms with van der Waals surface area (Å²) in [6.07, 6.45) is 3.74. The van der Waals surface area contributed by atoms with Crippen molar-refractivity contribution in [3.63, 3.8) is 0 Å². The molecule has 4 heteroatoms. The van der Waals surface area contributed by atoms with Gasteiger partial charge in [-0.15, -0.1) is 0 Å². The van der Waals surface area contributed by atoms with Crippen molar-refractivity contribution in [1.82, 2.24) is 4.90 Å². The Morgan fingerprint density at radius 2 is 1.45 bits per heavy atom. The van der Waals surface area contributed by atoms with Crippen LogP contribution in [0.15, 0.2) is 83.9 Å². The van der Waals surface area contributed by atoms with E-state index in [-0.39, 0.29) is 23.6 Å². The molecule has 0 radical (unpaired) electrons. The molecule has 2 nitrogen and oxygen atoms in total. The zero-order chi connectivity index (χ0) is 21.2. The van der Waals surface area contributed by atoms with Crippen LogP contribution in [0.3, 0.4) is 0 Å². The van der Waals surface area contributed by atoms with Crippen molar-refractivity contribution in [3.8, 4) is 0 Å². The fourth-order valence-electron chi connectivity index (χ4n) is 5.36. The second-order valence-corrected chi connectivity index (χ2v) is 8.60. The first-order chi connectivity index (χ1) is 15.2. The van der Waals surface area contributed by atoms with Crippen LogP contribution in [0.1, 0.15) is 35.4 Å². The number of aliphatic imine (C=N–C) groups is 1. The van der Waals surface area contributed by atoms with Gasteiger partial charge in [0.1, 0.15) is 11.6 Å². The maximum atomic E-state index is 14.2. The molecule has 3 fully saturated rings. The molecule has 3 saturated heterocycles. The molecular weight excluding hydrogens is 390 g/mol. The van der Waals surface area contributed by atoms with E-state index in [0.717, 1.165) is 32.0 Å². The van der Waals surface area contributed by atoms with Gasteiger partial charge in [0.05, 0.1) is 6.04 Å². The summed E-state index contributed by atoms with van der Waals surface area (Å²) in [5, 5.41) is 0. The Balaban J connectivity index is 1.56. The van der Waals surface area contributed by atoms with Gasteiger partial charge in [-0.2, -0.15) is 0 Å². The lowest BCUT2D eigenvalue weighted by molar-refractivity contribution is 0.0215. The Kier molecular flexibility index (Phi) is 5.65. The third kappa shape index (κ3) is 4.05. The van der Waals surface area contributed by atoms with Gasteiger partial charge in [0.25, 0.3) is 0 Å². The van der Waals surface area contributed by atoms with Gasteiger partial charge in [0.2, 0.25) is 0 Å². The van der Waals surface area contributed by atoms with Gasteiger partial charge < -0.3 is 0 Å². The summed E-state index contributed by atoms with van der Waals surface area (Å²) in [7, 11) is 0. The van der Waals surface area contributed by atoms with Gasteiger partial charge in [0, 0.05) is 23.7 Å². The van der Waals surface area contributed by atoms with E-state index in [1.54, 1.807) is 6.21 Å². The molecule has 158 valence electrons. The maximum absolute atomic E-state index is 14.2. The first-order valence-electron chi connectivity index (χ1n) is 11.0. The number of rotatable bonds is 5. The number of halogens is 2. The van der Waals surface area contributed by atoms with Crippen LogP contribution in [-0.4, -0.2) is 36.3 Å². The van der Waals surface area contributed by atoms with Crippen LogP contribution < -0.4 is 0 Å². The molecule has 3 aromatic rings. The monoisotopic (exact) mass is 416 g/mol. The van der Waals surface area contributed by atoms with Crippen LogP contribution in [0.2, 0.25) is 0 Å². The fourth-order valence-corrected chi connectivity index (χ4v) is 5.36. The molecule has 0 aliphatic carbocycles. The van der Waals surface area contributed by atoms with Crippen molar-refractivity contribution in [2.75, 3.05) is 13.1 Å². The van der Waals surface area contributed by atoms with E-state index in [2.05, 4.69) is 53.4 Å². The standard InChI is InChI=1S/C27H26F2N2/c28-23-11-12-24(29)22(17-23)18-30-26-21-13-15-31(16-14-21)27(26)25(19-7-3-1-4-8-19)20-9-5-2-6-10-20/h1-12,17-18,21,25-27H,13-16H2/t26-,27-/m1/s1. The molecule has 0 aromatic heterocycles. The third-order valence-electron chi connectivity index (χ3n) is 6.83. The molecule has 0 N–H and O–H groups in total. The second kappa shape index (κ2) is 8.72. The molecule has 0 amide bonds. The lowest BCUT2D eigenvalue weighted by atomic mass is 9.71. The molecule has 3 aromatic carbocycles. The Bertz CT molecular complexity index is 1000. The molecule has 0 saturated carbocycles. The first kappa shape index (κ1) is 20.1. The average molecular weight is 417 g/mol. The Labute approximate surface area is 182 Å². The molecule has 3 heterocycles. The lowest BCUT2D eigenvalue weighted by Crippen LogP contribution is -2.59. The largest absolute Gasteiger partial charge is 0.297 e. The SMILES string of the molecule is Fc1ccc(F)c(C=N[C@@H]2C3CCN(CC3)[C@@H]2C(c2ccccc2)c2ccccc2)c1. The van der Waals surface area contributed by atoms with Crippen LogP contribution in [0.5, 0.6) is 0 Å². The van der Waals surface area contributed by atoms with E-state index >= 15 is 0 Å². The quantitative estimate of drug-likeness (QED) is 0.489. The smallest absolute Gasteiger partial charge is 0.132 e. The van der Waals surface area contributed by atoms with Crippen molar-refractivity contribution in [2.45, 2.75) is 30.8 Å². The molecule has 3 aliphatic heterocycles. The highest BCUT2D eigenvalue weighted by atomic mass is 19.1. The van der Waals surface area contributed by atoms with E-state index in [1.807, 2.05) is 12.1 Å². The molecule has 6 rings (SSSR count). The highest BCUT2D eigenvalue weighted by Gasteiger charge is 2.46. The zero-order valence-electron chi connectivity index (χ0n) is 17.4. The van der Waals surface area contributed by atoms with E-state index in [4.69, 9.17) is 4.99 Å². The van der Waals surface area contributed by atoms with Crippen LogP contribution in [0.4, 0.5) is 8.78 Å². The Hall–Kier alpha value is -2.85. The number of nitrogens with zero attached hydrogens (tertiary/aromatic N) is 2. The van der Waals surface area contributed by atoms with Crippen molar-refractivity contribution in [3.05, 3.63) is 107 Å². The molecular formula is C27H26F2N2. The van der Waals surface area contributed by atoms with Crippen LogP contribution in [0.25, 0.3) is 0 Å². The predicted octanol–water partition coefficient (Wildman–Crippen LogP) is 5.68. The normalized spacial score (nSPS) is 25.4. The Morgan fingerprint density at radius 3 is 2.06 bits per heavy atom. The summed E-state index contributed by atoms with van der Waals surface area (Å²) in [6.45, 7) is 2.12. The minimum absolute atomic E-state index is 0.0376. The number of piperidine rings is 3.